The van der Waals surface area contributed by atoms with Crippen LogP contribution >= 0.6 is 0 Å². The number of benzene rings is 1. The Kier molecular flexibility index (Phi) is 13.0. The minimum atomic E-state index is 0. The topological polar surface area (TPSA) is 0 Å². The predicted molar refractivity (Wildman–Crippen MR) is 107 cm³/mol. The van der Waals surface area contributed by atoms with E-state index in [0.717, 1.165) is 12.0 Å². The molecule has 0 aromatic heterocycles. The van der Waals surface area contributed by atoms with E-state index in [1.54, 1.807) is 0 Å². The van der Waals surface area contributed by atoms with Gasteiger partial charge in [0.15, 0.2) is 0 Å². The Morgan fingerprint density at radius 3 is 1.92 bits per heavy atom. The summed E-state index contributed by atoms with van der Waals surface area (Å²) in [5.41, 5.74) is 9.11. The molecule has 0 amide bonds. The van der Waals surface area contributed by atoms with Crippen LogP contribution < -0.4 is 0 Å². The van der Waals surface area contributed by atoms with Gasteiger partial charge in [-0.15, -0.1) is 41.3 Å². The van der Waals surface area contributed by atoms with E-state index in [2.05, 4.69) is 79.3 Å². The Morgan fingerprint density at radius 2 is 1.54 bits per heavy atom. The summed E-state index contributed by atoms with van der Waals surface area (Å²) < 4.78 is 0. The second-order valence-electron chi connectivity index (χ2n) is 6.04. The van der Waals surface area contributed by atoms with Crippen molar-refractivity contribution in [2.75, 3.05) is 0 Å². The van der Waals surface area contributed by atoms with E-state index in [-0.39, 0.29) is 21.1 Å². The quantitative estimate of drug-likeness (QED) is 0.294. The average molecular weight is 495 g/mol. The van der Waals surface area contributed by atoms with Crippen LogP contribution in [0.1, 0.15) is 70.2 Å². The molecule has 0 radical (unpaired) electrons. The maximum Gasteiger partial charge on any atom is 0 e. The molecule has 0 aliphatic heterocycles. The van der Waals surface area contributed by atoms with Gasteiger partial charge in [0.2, 0.25) is 0 Å². The van der Waals surface area contributed by atoms with Gasteiger partial charge in [-0.3, -0.25) is 0 Å². The van der Waals surface area contributed by atoms with Crippen LogP contribution in [0.4, 0.5) is 0 Å². The normalized spacial score (nSPS) is 11.2. The Hall–Kier alpha value is -1.00. The molecule has 1 rings (SSSR count). The van der Waals surface area contributed by atoms with Crippen molar-refractivity contribution >= 4 is 0 Å². The third kappa shape index (κ3) is 7.27. The maximum atomic E-state index is 4.04. The van der Waals surface area contributed by atoms with Crippen molar-refractivity contribution in [3.05, 3.63) is 75.8 Å². The molecule has 1 aromatic carbocycles. The fourth-order valence-electron chi connectivity index (χ4n) is 2.32. The number of hydrogen-bond donors (Lipinski definition) is 0. The standard InChI is InChI=1S/C21H29.C2H6.W/c1-9-10-20(11-15(4)14(2)3)19(8)21-12-16(5)18(7)17(6)13-21;1-2;/h10-13H,2,9H2,1,3-8H3;1-2H3;/q-1;;/b15-11-,20-10+;;. The van der Waals surface area contributed by atoms with E-state index in [4.69, 9.17) is 0 Å². The third-order valence-corrected chi connectivity index (χ3v) is 4.26. The Morgan fingerprint density at radius 1 is 1.08 bits per heavy atom. The fourth-order valence-corrected chi connectivity index (χ4v) is 2.32. The van der Waals surface area contributed by atoms with Crippen LogP contribution in [-0.2, 0) is 21.1 Å². The molecule has 0 aliphatic carbocycles. The minimum absolute atomic E-state index is 0. The van der Waals surface area contributed by atoms with E-state index in [9.17, 15) is 0 Å². The van der Waals surface area contributed by atoms with Gasteiger partial charge in [-0.2, -0.15) is 0 Å². The van der Waals surface area contributed by atoms with Gasteiger partial charge < -0.3 is 0 Å². The molecule has 0 N–H and O–H groups in total. The van der Waals surface area contributed by atoms with Crippen LogP contribution in [0.5, 0.6) is 0 Å². The molecule has 0 saturated heterocycles. The van der Waals surface area contributed by atoms with Crippen molar-refractivity contribution in [3.8, 4) is 0 Å². The summed E-state index contributed by atoms with van der Waals surface area (Å²) in [5, 5.41) is 0. The number of hydrogen-bond acceptors (Lipinski definition) is 0. The van der Waals surface area contributed by atoms with Gasteiger partial charge in [0.1, 0.15) is 0 Å². The third-order valence-electron chi connectivity index (χ3n) is 4.26. The number of allylic oxidation sites excluding steroid dienone is 5. The van der Waals surface area contributed by atoms with Crippen molar-refractivity contribution in [3.63, 3.8) is 0 Å². The first kappa shape index (κ1) is 25.2. The van der Waals surface area contributed by atoms with Crippen LogP contribution in [0.15, 0.2) is 47.6 Å². The summed E-state index contributed by atoms with van der Waals surface area (Å²) in [6.07, 6.45) is 5.59. The second-order valence-corrected chi connectivity index (χ2v) is 6.04. The van der Waals surface area contributed by atoms with Crippen molar-refractivity contribution in [1.82, 2.24) is 0 Å². The second kappa shape index (κ2) is 12.4. The minimum Gasteiger partial charge on any atom is -0.140 e. The SMILES string of the molecule is C=C(C)/C(C)=C\C(=C/CC)[C-](C)c1cc(C)c(C)c(C)c1.CC.[W]. The summed E-state index contributed by atoms with van der Waals surface area (Å²) in [6.45, 7) is 23.2. The first-order valence-electron chi connectivity index (χ1n) is 8.74. The van der Waals surface area contributed by atoms with Crippen LogP contribution in [0.2, 0.25) is 0 Å². The number of aryl methyl sites for hydroxylation is 2. The van der Waals surface area contributed by atoms with Crippen molar-refractivity contribution in [2.45, 2.75) is 68.7 Å². The summed E-state index contributed by atoms with van der Waals surface area (Å²) in [4.78, 5) is 0. The molecule has 1 aromatic rings. The van der Waals surface area contributed by atoms with Crippen LogP contribution in [-0.4, -0.2) is 0 Å². The monoisotopic (exact) mass is 495 g/mol. The van der Waals surface area contributed by atoms with Crippen molar-refractivity contribution in [1.29, 1.82) is 0 Å². The molecule has 24 heavy (non-hydrogen) atoms. The first-order valence-corrected chi connectivity index (χ1v) is 8.74. The predicted octanol–water partition coefficient (Wildman–Crippen LogP) is 7.44. The van der Waals surface area contributed by atoms with E-state index in [1.807, 2.05) is 13.8 Å². The first-order chi connectivity index (χ1) is 10.8. The summed E-state index contributed by atoms with van der Waals surface area (Å²) in [5.74, 6) is 1.34. The fraction of sp³-hybridized carbons (Fsp3) is 0.435. The molecule has 0 saturated carbocycles. The zero-order valence-corrected chi connectivity index (χ0v) is 20.1. The number of rotatable bonds is 5. The zero-order valence-electron chi connectivity index (χ0n) is 17.1. The van der Waals surface area contributed by atoms with Gasteiger partial charge in [-0.25, -0.2) is 0 Å². The molecule has 0 unspecified atom stereocenters. The molecule has 0 atom stereocenters. The van der Waals surface area contributed by atoms with Gasteiger partial charge in [0, 0.05) is 21.1 Å². The Bertz CT molecular complexity index is 565. The molecule has 1 heteroatoms. The van der Waals surface area contributed by atoms with E-state index < -0.39 is 0 Å². The van der Waals surface area contributed by atoms with E-state index in [1.165, 1.54) is 39.3 Å². The zero-order chi connectivity index (χ0) is 18.2. The van der Waals surface area contributed by atoms with Crippen molar-refractivity contribution in [2.24, 2.45) is 0 Å². The average Bonchev–Trinajstić information content (AvgIpc) is 2.52. The molecule has 0 heterocycles. The van der Waals surface area contributed by atoms with Crippen LogP contribution in [0, 0.1) is 26.7 Å². The molecule has 0 fully saturated rings. The molecule has 0 nitrogen and oxygen atoms in total. The van der Waals surface area contributed by atoms with Crippen LogP contribution in [0.3, 0.4) is 0 Å². The summed E-state index contributed by atoms with van der Waals surface area (Å²) >= 11 is 0. The van der Waals surface area contributed by atoms with Gasteiger partial charge >= 0.3 is 0 Å². The smallest absolute Gasteiger partial charge is 0 e. The molecule has 0 bridgehead atoms. The largest absolute Gasteiger partial charge is 0.140 e. The summed E-state index contributed by atoms with van der Waals surface area (Å²) in [7, 11) is 0. The molecule has 0 spiro atoms. The molecular formula is C23H35W-. The van der Waals surface area contributed by atoms with Gasteiger partial charge in [0.05, 0.1) is 0 Å². The van der Waals surface area contributed by atoms with Gasteiger partial charge in [-0.1, -0.05) is 68.5 Å². The Balaban J connectivity index is 0. The maximum absolute atomic E-state index is 4.04. The Labute approximate surface area is 165 Å². The summed E-state index contributed by atoms with van der Waals surface area (Å²) in [6, 6.07) is 4.59. The van der Waals surface area contributed by atoms with Gasteiger partial charge in [-0.05, 0) is 34.6 Å². The van der Waals surface area contributed by atoms with E-state index in [0.29, 0.717) is 0 Å². The molecule has 0 aliphatic rings. The molecule has 134 valence electrons. The van der Waals surface area contributed by atoms with Gasteiger partial charge in [0.25, 0.3) is 0 Å². The molecular weight excluding hydrogens is 460 g/mol. The van der Waals surface area contributed by atoms with Crippen molar-refractivity contribution < 1.29 is 21.1 Å². The van der Waals surface area contributed by atoms with Crippen LogP contribution in [0.25, 0.3) is 0 Å². The van der Waals surface area contributed by atoms with E-state index >= 15 is 0 Å².